The fraction of sp³-hybridized carbons (Fsp3) is 0.688. The second-order valence-electron chi connectivity index (χ2n) is 6.09. The monoisotopic (exact) mass is 290 g/mol. The van der Waals surface area contributed by atoms with Crippen molar-refractivity contribution in [3.63, 3.8) is 0 Å². The van der Waals surface area contributed by atoms with Crippen LogP contribution in [0, 0.1) is 13.8 Å². The van der Waals surface area contributed by atoms with Gasteiger partial charge in [0, 0.05) is 61.4 Å². The third kappa shape index (κ3) is 3.05. The number of nitrogens with zero attached hydrogens (tertiary/aromatic N) is 3. The number of hydrogen-bond donors (Lipinski definition) is 1. The standard InChI is InChI=1S/C16H26N4O/c1-12-9-16(15(10-17)13(2)18-12)20-4-3-14(11-20)19-5-7-21-8-6-19/h9,14H,3-8,10-11,17H2,1-2H3. The zero-order valence-corrected chi connectivity index (χ0v) is 13.1. The Morgan fingerprint density at radius 2 is 2.05 bits per heavy atom. The molecule has 0 spiro atoms. The van der Waals surface area contributed by atoms with Gasteiger partial charge in [0.1, 0.15) is 0 Å². The van der Waals surface area contributed by atoms with E-state index in [-0.39, 0.29) is 0 Å². The van der Waals surface area contributed by atoms with Gasteiger partial charge in [-0.05, 0) is 26.3 Å². The molecule has 116 valence electrons. The molecule has 2 fully saturated rings. The molecule has 2 saturated heterocycles. The number of aromatic nitrogens is 1. The van der Waals surface area contributed by atoms with Gasteiger partial charge in [0.15, 0.2) is 0 Å². The van der Waals surface area contributed by atoms with Crippen LogP contribution >= 0.6 is 0 Å². The molecule has 3 heterocycles. The molecule has 5 nitrogen and oxygen atoms in total. The Labute approximate surface area is 127 Å². The molecule has 1 aromatic rings. The van der Waals surface area contributed by atoms with E-state index in [1.54, 1.807) is 0 Å². The topological polar surface area (TPSA) is 54.6 Å². The van der Waals surface area contributed by atoms with Gasteiger partial charge < -0.3 is 15.4 Å². The summed E-state index contributed by atoms with van der Waals surface area (Å²) in [6.45, 7) is 10.8. The molecule has 0 aromatic carbocycles. The molecular formula is C16H26N4O. The molecule has 21 heavy (non-hydrogen) atoms. The molecule has 1 aromatic heterocycles. The van der Waals surface area contributed by atoms with Gasteiger partial charge in [0.05, 0.1) is 13.2 Å². The maximum atomic E-state index is 5.95. The summed E-state index contributed by atoms with van der Waals surface area (Å²) in [5, 5.41) is 0. The van der Waals surface area contributed by atoms with E-state index in [1.165, 1.54) is 17.7 Å². The molecule has 1 atom stereocenters. The van der Waals surface area contributed by atoms with E-state index < -0.39 is 0 Å². The normalized spacial score (nSPS) is 23.8. The maximum absolute atomic E-state index is 5.95. The smallest absolute Gasteiger partial charge is 0.0594 e. The highest BCUT2D eigenvalue weighted by Gasteiger charge is 2.30. The fourth-order valence-electron chi connectivity index (χ4n) is 3.57. The first kappa shape index (κ1) is 14.8. The average molecular weight is 290 g/mol. The van der Waals surface area contributed by atoms with Gasteiger partial charge in [0.2, 0.25) is 0 Å². The van der Waals surface area contributed by atoms with Gasteiger partial charge in [-0.2, -0.15) is 0 Å². The van der Waals surface area contributed by atoms with E-state index in [1.807, 2.05) is 0 Å². The molecule has 3 rings (SSSR count). The Morgan fingerprint density at radius 3 is 2.76 bits per heavy atom. The number of morpholine rings is 1. The summed E-state index contributed by atoms with van der Waals surface area (Å²) in [4.78, 5) is 9.62. The molecule has 2 aliphatic rings. The highest BCUT2D eigenvalue weighted by molar-refractivity contribution is 5.57. The summed E-state index contributed by atoms with van der Waals surface area (Å²) in [5.41, 5.74) is 10.6. The first-order valence-corrected chi connectivity index (χ1v) is 7.93. The van der Waals surface area contributed by atoms with Crippen LogP contribution in [0.1, 0.15) is 23.4 Å². The van der Waals surface area contributed by atoms with E-state index in [2.05, 4.69) is 34.7 Å². The van der Waals surface area contributed by atoms with Crippen molar-refractivity contribution in [2.75, 3.05) is 44.3 Å². The molecule has 0 amide bonds. The predicted octanol–water partition coefficient (Wildman–Crippen LogP) is 1.07. The molecule has 0 radical (unpaired) electrons. The zero-order chi connectivity index (χ0) is 14.8. The summed E-state index contributed by atoms with van der Waals surface area (Å²) in [5.74, 6) is 0. The second kappa shape index (κ2) is 6.30. The molecular weight excluding hydrogens is 264 g/mol. The van der Waals surface area contributed by atoms with Crippen molar-refractivity contribution in [1.29, 1.82) is 0 Å². The number of pyridine rings is 1. The first-order chi connectivity index (χ1) is 10.2. The number of anilines is 1. The number of aryl methyl sites for hydroxylation is 2. The predicted molar refractivity (Wildman–Crippen MR) is 84.6 cm³/mol. The lowest BCUT2D eigenvalue weighted by Crippen LogP contribution is -2.44. The van der Waals surface area contributed by atoms with Gasteiger partial charge in [-0.1, -0.05) is 0 Å². The van der Waals surface area contributed by atoms with Crippen molar-refractivity contribution in [3.8, 4) is 0 Å². The molecule has 1 unspecified atom stereocenters. The number of nitrogens with two attached hydrogens (primary N) is 1. The van der Waals surface area contributed by atoms with Gasteiger partial charge >= 0.3 is 0 Å². The van der Waals surface area contributed by atoms with Crippen molar-refractivity contribution < 1.29 is 4.74 Å². The second-order valence-corrected chi connectivity index (χ2v) is 6.09. The van der Waals surface area contributed by atoms with Gasteiger partial charge in [-0.15, -0.1) is 0 Å². The zero-order valence-electron chi connectivity index (χ0n) is 13.1. The summed E-state index contributed by atoms with van der Waals surface area (Å²) in [6, 6.07) is 2.84. The Morgan fingerprint density at radius 1 is 1.29 bits per heavy atom. The highest BCUT2D eigenvalue weighted by atomic mass is 16.5. The average Bonchev–Trinajstić information content (AvgIpc) is 2.97. The van der Waals surface area contributed by atoms with Crippen molar-refractivity contribution in [2.45, 2.75) is 32.9 Å². The lowest BCUT2D eigenvalue weighted by molar-refractivity contribution is 0.0209. The Balaban J connectivity index is 1.76. The third-order valence-corrected chi connectivity index (χ3v) is 4.71. The SMILES string of the molecule is Cc1cc(N2CCC(N3CCOCC3)C2)c(CN)c(C)n1. The Kier molecular flexibility index (Phi) is 4.42. The largest absolute Gasteiger partial charge is 0.379 e. The van der Waals surface area contributed by atoms with Crippen LogP contribution in [0.2, 0.25) is 0 Å². The Hall–Kier alpha value is -1.17. The van der Waals surface area contributed by atoms with Crippen molar-refractivity contribution in [1.82, 2.24) is 9.88 Å². The summed E-state index contributed by atoms with van der Waals surface area (Å²) in [7, 11) is 0. The van der Waals surface area contributed by atoms with Crippen LogP contribution < -0.4 is 10.6 Å². The third-order valence-electron chi connectivity index (χ3n) is 4.71. The molecule has 0 saturated carbocycles. The molecule has 2 aliphatic heterocycles. The first-order valence-electron chi connectivity index (χ1n) is 7.93. The highest BCUT2D eigenvalue weighted by Crippen LogP contribution is 2.28. The summed E-state index contributed by atoms with van der Waals surface area (Å²) in [6.07, 6.45) is 1.23. The van der Waals surface area contributed by atoms with Gasteiger partial charge in [-0.25, -0.2) is 0 Å². The minimum absolute atomic E-state index is 0.563. The number of hydrogen-bond acceptors (Lipinski definition) is 5. The number of ether oxygens (including phenoxy) is 1. The molecule has 0 aliphatic carbocycles. The van der Waals surface area contributed by atoms with Crippen molar-refractivity contribution in [3.05, 3.63) is 23.0 Å². The van der Waals surface area contributed by atoms with Crippen LogP contribution in [0.4, 0.5) is 5.69 Å². The van der Waals surface area contributed by atoms with E-state index in [4.69, 9.17) is 10.5 Å². The van der Waals surface area contributed by atoms with E-state index in [0.717, 1.165) is 50.8 Å². The van der Waals surface area contributed by atoms with Crippen molar-refractivity contribution in [2.24, 2.45) is 5.73 Å². The van der Waals surface area contributed by atoms with Crippen LogP contribution in [-0.4, -0.2) is 55.3 Å². The van der Waals surface area contributed by atoms with Crippen LogP contribution in [0.5, 0.6) is 0 Å². The lowest BCUT2D eigenvalue weighted by atomic mass is 10.1. The van der Waals surface area contributed by atoms with E-state index in [0.29, 0.717) is 12.6 Å². The quantitative estimate of drug-likeness (QED) is 0.902. The summed E-state index contributed by atoms with van der Waals surface area (Å²) >= 11 is 0. The lowest BCUT2D eigenvalue weighted by Gasteiger charge is -2.32. The fourth-order valence-corrected chi connectivity index (χ4v) is 3.57. The minimum Gasteiger partial charge on any atom is -0.379 e. The minimum atomic E-state index is 0.563. The van der Waals surface area contributed by atoms with Crippen LogP contribution in [0.25, 0.3) is 0 Å². The molecule has 5 heteroatoms. The van der Waals surface area contributed by atoms with Crippen molar-refractivity contribution >= 4 is 5.69 Å². The van der Waals surface area contributed by atoms with E-state index in [9.17, 15) is 0 Å². The molecule has 0 bridgehead atoms. The van der Waals surface area contributed by atoms with Crippen LogP contribution in [0.3, 0.4) is 0 Å². The van der Waals surface area contributed by atoms with E-state index >= 15 is 0 Å². The maximum Gasteiger partial charge on any atom is 0.0594 e. The number of rotatable bonds is 3. The van der Waals surface area contributed by atoms with Gasteiger partial charge in [0.25, 0.3) is 0 Å². The van der Waals surface area contributed by atoms with Crippen LogP contribution in [-0.2, 0) is 11.3 Å². The Bertz CT molecular complexity index is 499. The van der Waals surface area contributed by atoms with Gasteiger partial charge in [-0.3, -0.25) is 9.88 Å². The van der Waals surface area contributed by atoms with Crippen LogP contribution in [0.15, 0.2) is 6.07 Å². The summed E-state index contributed by atoms with van der Waals surface area (Å²) < 4.78 is 5.46. The molecule has 2 N–H and O–H groups in total.